The Morgan fingerprint density at radius 3 is 2.67 bits per heavy atom. The second kappa shape index (κ2) is 5.44. The molecule has 2 atom stereocenters. The molecule has 0 aliphatic heterocycles. The predicted octanol–water partition coefficient (Wildman–Crippen LogP) is 1.89. The fourth-order valence-electron chi connectivity index (χ4n) is 1.10. The van der Waals surface area contributed by atoms with Gasteiger partial charge in [0, 0.05) is 0 Å². The van der Waals surface area contributed by atoms with E-state index in [9.17, 15) is 9.50 Å². The van der Waals surface area contributed by atoms with Gasteiger partial charge in [0.15, 0.2) is 6.23 Å². The van der Waals surface area contributed by atoms with Crippen LogP contribution in [0.15, 0.2) is 22.7 Å². The second-order valence-electron chi connectivity index (χ2n) is 3.14. The van der Waals surface area contributed by atoms with Crippen molar-refractivity contribution in [3.05, 3.63) is 28.5 Å². The maximum Gasteiger partial charge on any atom is 0.175 e. The molecule has 0 saturated carbocycles. The monoisotopic (exact) mass is 277 g/mol. The number of nitrogens with one attached hydrogen (secondary N) is 1. The first-order chi connectivity index (χ1) is 7.04. The number of aliphatic hydroxyl groups excluding tert-OH is 1. The van der Waals surface area contributed by atoms with Crippen LogP contribution in [0.2, 0.25) is 0 Å². The molecule has 0 aliphatic carbocycles. The van der Waals surface area contributed by atoms with E-state index in [0.717, 1.165) is 0 Å². The summed E-state index contributed by atoms with van der Waals surface area (Å²) >= 11 is 3.06. The number of rotatable bonds is 4. The average molecular weight is 278 g/mol. The van der Waals surface area contributed by atoms with Crippen molar-refractivity contribution in [1.82, 2.24) is 5.32 Å². The van der Waals surface area contributed by atoms with Crippen molar-refractivity contribution in [2.45, 2.75) is 19.3 Å². The zero-order valence-corrected chi connectivity index (χ0v) is 10.1. The lowest BCUT2D eigenvalue weighted by Crippen LogP contribution is -2.40. The lowest BCUT2D eigenvalue weighted by atomic mass is 10.3. The molecule has 0 aromatic heterocycles. The molecule has 0 heterocycles. The first kappa shape index (κ1) is 12.4. The Kier molecular flexibility index (Phi) is 4.50. The Labute approximate surface area is 96.4 Å². The molecule has 2 N–H and O–H groups in total. The Bertz CT molecular complexity index is 333. The molecule has 5 heteroatoms. The fourth-order valence-corrected chi connectivity index (χ4v) is 1.45. The van der Waals surface area contributed by atoms with Crippen LogP contribution in [0.5, 0.6) is 5.75 Å². The average Bonchev–Trinajstić information content (AvgIpc) is 2.19. The molecule has 0 saturated heterocycles. The van der Waals surface area contributed by atoms with Gasteiger partial charge >= 0.3 is 0 Å². The maximum absolute atomic E-state index is 12.9. The summed E-state index contributed by atoms with van der Waals surface area (Å²) in [6.07, 6.45) is -1.17. The number of ether oxygens (including phenoxy) is 1. The molecule has 0 radical (unpaired) electrons. The summed E-state index contributed by atoms with van der Waals surface area (Å²) in [5, 5.41) is 12.1. The number of benzene rings is 1. The van der Waals surface area contributed by atoms with Crippen LogP contribution in [0.4, 0.5) is 4.39 Å². The van der Waals surface area contributed by atoms with E-state index in [0.29, 0.717) is 10.2 Å². The second-order valence-corrected chi connectivity index (χ2v) is 4.00. The molecule has 0 amide bonds. The van der Waals surface area contributed by atoms with Crippen molar-refractivity contribution in [2.75, 3.05) is 7.05 Å². The molecule has 15 heavy (non-hydrogen) atoms. The standard InChI is InChI=1S/C10H13BrFNO2/c1-6(14)10(13-2)15-7-3-4-9(12)8(11)5-7/h3-6,10,13-14H,1-2H3. The normalized spacial score (nSPS) is 14.7. The van der Waals surface area contributed by atoms with Crippen LogP contribution in [0, 0.1) is 5.82 Å². The third-order valence-electron chi connectivity index (χ3n) is 1.88. The number of hydrogen-bond acceptors (Lipinski definition) is 3. The molecule has 0 bridgehead atoms. The summed E-state index contributed by atoms with van der Waals surface area (Å²) in [6.45, 7) is 1.61. The smallest absolute Gasteiger partial charge is 0.175 e. The minimum atomic E-state index is -0.654. The highest BCUT2D eigenvalue weighted by molar-refractivity contribution is 9.10. The van der Waals surface area contributed by atoms with E-state index in [2.05, 4.69) is 21.2 Å². The molecule has 0 fully saturated rings. The first-order valence-electron chi connectivity index (χ1n) is 4.51. The summed E-state index contributed by atoms with van der Waals surface area (Å²) in [6, 6.07) is 4.32. The van der Waals surface area contributed by atoms with Crippen LogP contribution in [-0.2, 0) is 0 Å². The Morgan fingerprint density at radius 1 is 1.53 bits per heavy atom. The maximum atomic E-state index is 12.9. The first-order valence-corrected chi connectivity index (χ1v) is 5.31. The van der Waals surface area contributed by atoms with E-state index < -0.39 is 12.3 Å². The Morgan fingerprint density at radius 2 is 2.20 bits per heavy atom. The van der Waals surface area contributed by atoms with E-state index in [1.165, 1.54) is 18.2 Å². The summed E-state index contributed by atoms with van der Waals surface area (Å²) < 4.78 is 18.6. The zero-order chi connectivity index (χ0) is 11.4. The van der Waals surface area contributed by atoms with E-state index >= 15 is 0 Å². The molecule has 1 rings (SSSR count). The molecule has 3 nitrogen and oxygen atoms in total. The molecule has 1 aromatic rings. The van der Waals surface area contributed by atoms with E-state index in [4.69, 9.17) is 4.74 Å². The lowest BCUT2D eigenvalue weighted by Gasteiger charge is -2.20. The molecule has 2 unspecified atom stereocenters. The van der Waals surface area contributed by atoms with Crippen LogP contribution in [0.1, 0.15) is 6.92 Å². The van der Waals surface area contributed by atoms with Crippen molar-refractivity contribution in [2.24, 2.45) is 0 Å². The molecule has 0 aliphatic rings. The van der Waals surface area contributed by atoms with Gasteiger partial charge in [0.1, 0.15) is 17.7 Å². The van der Waals surface area contributed by atoms with Gasteiger partial charge in [-0.1, -0.05) is 0 Å². The van der Waals surface area contributed by atoms with Gasteiger partial charge < -0.3 is 9.84 Å². The van der Waals surface area contributed by atoms with Crippen molar-refractivity contribution in [3.63, 3.8) is 0 Å². The van der Waals surface area contributed by atoms with Crippen molar-refractivity contribution >= 4 is 15.9 Å². The molecular weight excluding hydrogens is 265 g/mol. The highest BCUT2D eigenvalue weighted by Crippen LogP contribution is 2.22. The number of hydrogen-bond donors (Lipinski definition) is 2. The van der Waals surface area contributed by atoms with Crippen LogP contribution < -0.4 is 10.1 Å². The highest BCUT2D eigenvalue weighted by Gasteiger charge is 2.14. The Hall–Kier alpha value is -0.650. The van der Waals surface area contributed by atoms with E-state index in [1.54, 1.807) is 14.0 Å². The minimum Gasteiger partial charge on any atom is -0.473 e. The lowest BCUT2D eigenvalue weighted by molar-refractivity contribution is 0.0320. The minimum absolute atomic E-state index is 0.334. The van der Waals surface area contributed by atoms with Crippen LogP contribution >= 0.6 is 15.9 Å². The van der Waals surface area contributed by atoms with Gasteiger partial charge in [0.25, 0.3) is 0 Å². The van der Waals surface area contributed by atoms with Crippen molar-refractivity contribution < 1.29 is 14.2 Å². The van der Waals surface area contributed by atoms with Gasteiger partial charge in [-0.2, -0.15) is 0 Å². The summed E-state index contributed by atoms with van der Waals surface area (Å²) in [4.78, 5) is 0. The summed E-state index contributed by atoms with van der Waals surface area (Å²) in [7, 11) is 1.68. The third kappa shape index (κ3) is 3.44. The van der Waals surface area contributed by atoms with Crippen LogP contribution in [0.25, 0.3) is 0 Å². The van der Waals surface area contributed by atoms with Crippen LogP contribution in [-0.4, -0.2) is 24.5 Å². The highest BCUT2D eigenvalue weighted by atomic mass is 79.9. The van der Waals surface area contributed by atoms with Gasteiger partial charge in [0.05, 0.1) is 4.47 Å². The van der Waals surface area contributed by atoms with Crippen molar-refractivity contribution in [1.29, 1.82) is 0 Å². The van der Waals surface area contributed by atoms with Gasteiger partial charge in [-0.05, 0) is 48.1 Å². The van der Waals surface area contributed by atoms with Gasteiger partial charge in [0.2, 0.25) is 0 Å². The topological polar surface area (TPSA) is 41.5 Å². The zero-order valence-electron chi connectivity index (χ0n) is 8.50. The Balaban J connectivity index is 2.75. The SMILES string of the molecule is CNC(Oc1ccc(F)c(Br)c1)C(C)O. The van der Waals surface area contributed by atoms with Gasteiger partial charge in [-0.15, -0.1) is 0 Å². The number of aliphatic hydroxyl groups is 1. The third-order valence-corrected chi connectivity index (χ3v) is 2.48. The fraction of sp³-hybridized carbons (Fsp3) is 0.400. The molecule has 84 valence electrons. The molecular formula is C10H13BrFNO2. The van der Waals surface area contributed by atoms with E-state index in [-0.39, 0.29) is 5.82 Å². The van der Waals surface area contributed by atoms with Gasteiger partial charge in [-0.3, -0.25) is 5.32 Å². The van der Waals surface area contributed by atoms with Crippen molar-refractivity contribution in [3.8, 4) is 5.75 Å². The largest absolute Gasteiger partial charge is 0.473 e. The summed E-state index contributed by atoms with van der Waals surface area (Å²) in [5.74, 6) is 0.143. The predicted molar refractivity (Wildman–Crippen MR) is 59.3 cm³/mol. The number of likely N-dealkylation sites (N-methyl/N-ethyl adjacent to an activating group) is 1. The van der Waals surface area contributed by atoms with Crippen LogP contribution in [0.3, 0.4) is 0 Å². The van der Waals surface area contributed by atoms with E-state index in [1.807, 2.05) is 0 Å². The summed E-state index contributed by atoms with van der Waals surface area (Å²) in [5.41, 5.74) is 0. The molecule has 1 aromatic carbocycles. The number of halogens is 2. The van der Waals surface area contributed by atoms with Gasteiger partial charge in [-0.25, -0.2) is 4.39 Å². The molecule has 0 spiro atoms. The quantitative estimate of drug-likeness (QED) is 0.826.